The van der Waals surface area contributed by atoms with Crippen molar-refractivity contribution in [2.45, 2.75) is 0 Å². The third-order valence-corrected chi connectivity index (χ3v) is 3.92. The third-order valence-electron chi connectivity index (χ3n) is 3.92. The Labute approximate surface area is 112 Å². The number of H-pyrrole nitrogens is 1. The number of aromatic amines is 1. The molecule has 1 aliphatic heterocycles. The van der Waals surface area contributed by atoms with E-state index in [2.05, 4.69) is 38.5 Å². The summed E-state index contributed by atoms with van der Waals surface area (Å²) in [4.78, 5) is 7.94. The third kappa shape index (κ3) is 1.94. The number of nitriles is 1. The smallest absolute Gasteiger partial charge is 0.234 e. The Balaban J connectivity index is 2.01. The van der Waals surface area contributed by atoms with Crippen molar-refractivity contribution >= 4 is 16.9 Å². The summed E-state index contributed by atoms with van der Waals surface area (Å²) >= 11 is 0. The molecule has 0 atom stereocenters. The molecule has 0 aliphatic carbocycles. The molecule has 0 spiro atoms. The zero-order valence-corrected chi connectivity index (χ0v) is 11.3. The van der Waals surface area contributed by atoms with Crippen molar-refractivity contribution in [3.05, 3.63) is 23.9 Å². The van der Waals surface area contributed by atoms with Gasteiger partial charge in [0.15, 0.2) is 0 Å². The number of nitrogens with zero attached hydrogens (tertiary/aromatic N) is 4. The standard InChI is InChI=1S/C14H17N5/c1-17-5-7-19(8-6-17)13-4-3-12-11(9-15)10-16-14(12)18(13)2/h3-4,10H,5-8H2,1-2H3/p+1. The van der Waals surface area contributed by atoms with E-state index in [9.17, 15) is 0 Å². The van der Waals surface area contributed by atoms with Crippen molar-refractivity contribution in [1.82, 2.24) is 9.88 Å². The number of likely N-dealkylation sites (N-methyl/N-ethyl adjacent to an activating group) is 1. The summed E-state index contributed by atoms with van der Waals surface area (Å²) in [5.41, 5.74) is 1.71. The van der Waals surface area contributed by atoms with Crippen molar-refractivity contribution in [2.24, 2.45) is 7.05 Å². The number of piperazine rings is 1. The predicted molar refractivity (Wildman–Crippen MR) is 73.9 cm³/mol. The zero-order chi connectivity index (χ0) is 13.4. The second-order valence-corrected chi connectivity index (χ2v) is 5.12. The minimum absolute atomic E-state index is 0.704. The van der Waals surface area contributed by atoms with Gasteiger partial charge in [-0.2, -0.15) is 5.26 Å². The molecule has 5 nitrogen and oxygen atoms in total. The van der Waals surface area contributed by atoms with Gasteiger partial charge in [0, 0.05) is 19.2 Å². The van der Waals surface area contributed by atoms with E-state index in [1.165, 1.54) is 5.82 Å². The summed E-state index contributed by atoms with van der Waals surface area (Å²) in [6.07, 6.45) is 1.78. The van der Waals surface area contributed by atoms with Gasteiger partial charge in [-0.1, -0.05) is 0 Å². The highest BCUT2D eigenvalue weighted by Gasteiger charge is 2.22. The minimum Gasteiger partial charge on any atom is -0.300 e. The van der Waals surface area contributed by atoms with Crippen molar-refractivity contribution in [2.75, 3.05) is 38.1 Å². The molecule has 1 saturated heterocycles. The molecule has 0 amide bonds. The Morgan fingerprint density at radius 3 is 2.68 bits per heavy atom. The highest BCUT2D eigenvalue weighted by molar-refractivity contribution is 5.81. The maximum Gasteiger partial charge on any atom is 0.234 e. The molecule has 0 bridgehead atoms. The number of hydrogen-bond acceptors (Lipinski definition) is 3. The van der Waals surface area contributed by atoms with Gasteiger partial charge < -0.3 is 4.90 Å². The van der Waals surface area contributed by atoms with Crippen LogP contribution in [0.15, 0.2) is 18.3 Å². The number of aromatic nitrogens is 2. The lowest BCUT2D eigenvalue weighted by Gasteiger charge is -2.30. The second-order valence-electron chi connectivity index (χ2n) is 5.12. The number of fused-ring (bicyclic) bond motifs is 1. The van der Waals surface area contributed by atoms with Gasteiger partial charge in [0.2, 0.25) is 11.5 Å². The molecule has 0 aromatic carbocycles. The first-order chi connectivity index (χ1) is 9.20. The number of aryl methyl sites for hydroxylation is 1. The molecule has 5 heteroatoms. The first-order valence-electron chi connectivity index (χ1n) is 6.54. The Morgan fingerprint density at radius 2 is 2.00 bits per heavy atom. The van der Waals surface area contributed by atoms with Crippen LogP contribution >= 0.6 is 0 Å². The molecule has 3 heterocycles. The second kappa shape index (κ2) is 4.56. The van der Waals surface area contributed by atoms with E-state index in [1.807, 2.05) is 13.1 Å². The molecular formula is C14H18N5+. The van der Waals surface area contributed by atoms with Gasteiger partial charge >= 0.3 is 0 Å². The molecule has 1 fully saturated rings. The summed E-state index contributed by atoms with van der Waals surface area (Å²) in [7, 11) is 4.21. The molecule has 1 aliphatic rings. The van der Waals surface area contributed by atoms with Crippen molar-refractivity contribution < 1.29 is 4.57 Å². The SMILES string of the molecule is CN1CCN(c2ccc3c(C#N)c[nH]c3[n+]2C)CC1. The number of hydrogen-bond donors (Lipinski definition) is 1. The highest BCUT2D eigenvalue weighted by Crippen LogP contribution is 2.19. The minimum atomic E-state index is 0.704. The Bertz CT molecular complexity index is 644. The molecule has 0 radical (unpaired) electrons. The van der Waals surface area contributed by atoms with Gasteiger partial charge in [0.05, 0.1) is 37.3 Å². The summed E-state index contributed by atoms with van der Waals surface area (Å²) in [6.45, 7) is 4.27. The molecule has 0 unspecified atom stereocenters. The summed E-state index contributed by atoms with van der Waals surface area (Å²) < 4.78 is 2.14. The molecule has 3 rings (SSSR count). The van der Waals surface area contributed by atoms with Crippen LogP contribution in [0.2, 0.25) is 0 Å². The Hall–Kier alpha value is -2.06. The van der Waals surface area contributed by atoms with Gasteiger partial charge in [0.1, 0.15) is 6.07 Å². The van der Waals surface area contributed by atoms with E-state index in [4.69, 9.17) is 5.26 Å². The fraction of sp³-hybridized carbons (Fsp3) is 0.429. The quantitative estimate of drug-likeness (QED) is 0.761. The van der Waals surface area contributed by atoms with Crippen molar-refractivity contribution in [3.63, 3.8) is 0 Å². The van der Waals surface area contributed by atoms with E-state index in [0.29, 0.717) is 5.56 Å². The summed E-state index contributed by atoms with van der Waals surface area (Å²) in [5.74, 6) is 1.20. The van der Waals surface area contributed by atoms with E-state index in [0.717, 1.165) is 37.2 Å². The van der Waals surface area contributed by atoms with Crippen molar-refractivity contribution in [1.29, 1.82) is 5.26 Å². The number of pyridine rings is 1. The fourth-order valence-electron chi connectivity index (χ4n) is 2.70. The lowest BCUT2D eigenvalue weighted by molar-refractivity contribution is -0.634. The van der Waals surface area contributed by atoms with Gasteiger partial charge in [-0.25, -0.2) is 4.57 Å². The molecular weight excluding hydrogens is 238 g/mol. The maximum atomic E-state index is 9.07. The van der Waals surface area contributed by atoms with Gasteiger partial charge in [-0.3, -0.25) is 9.88 Å². The molecule has 1 N–H and O–H groups in total. The molecule has 0 saturated carbocycles. The molecule has 2 aromatic heterocycles. The van der Waals surface area contributed by atoms with Crippen LogP contribution in [0.1, 0.15) is 5.56 Å². The molecule has 19 heavy (non-hydrogen) atoms. The first-order valence-corrected chi connectivity index (χ1v) is 6.54. The summed E-state index contributed by atoms with van der Waals surface area (Å²) in [6, 6.07) is 6.37. The van der Waals surface area contributed by atoms with Crippen LogP contribution in [0, 0.1) is 11.3 Å². The Morgan fingerprint density at radius 1 is 1.26 bits per heavy atom. The van der Waals surface area contributed by atoms with Gasteiger partial charge in [-0.15, -0.1) is 0 Å². The van der Waals surface area contributed by atoms with Crippen LogP contribution in [0.4, 0.5) is 5.82 Å². The normalized spacial score (nSPS) is 16.8. The molecule has 2 aromatic rings. The number of nitrogens with one attached hydrogen (secondary N) is 1. The van der Waals surface area contributed by atoms with Crippen LogP contribution in [0.25, 0.3) is 11.0 Å². The maximum absolute atomic E-state index is 9.07. The van der Waals surface area contributed by atoms with Crippen LogP contribution < -0.4 is 9.47 Å². The van der Waals surface area contributed by atoms with Gasteiger partial charge in [0.25, 0.3) is 0 Å². The van der Waals surface area contributed by atoms with E-state index in [1.54, 1.807) is 6.20 Å². The molecule has 98 valence electrons. The average molecular weight is 256 g/mol. The Kier molecular flexibility index (Phi) is 2.88. The van der Waals surface area contributed by atoms with E-state index < -0.39 is 0 Å². The van der Waals surface area contributed by atoms with Crippen LogP contribution in [-0.2, 0) is 7.05 Å². The zero-order valence-electron chi connectivity index (χ0n) is 11.3. The fourth-order valence-corrected chi connectivity index (χ4v) is 2.70. The van der Waals surface area contributed by atoms with Crippen LogP contribution in [0.3, 0.4) is 0 Å². The van der Waals surface area contributed by atoms with E-state index in [-0.39, 0.29) is 0 Å². The highest BCUT2D eigenvalue weighted by atomic mass is 15.3. The first kappa shape index (κ1) is 12.0. The summed E-state index contributed by atoms with van der Waals surface area (Å²) in [5, 5.41) is 10.1. The number of anilines is 1. The lowest BCUT2D eigenvalue weighted by Crippen LogP contribution is -2.49. The van der Waals surface area contributed by atoms with Gasteiger partial charge in [-0.05, 0) is 13.1 Å². The largest absolute Gasteiger partial charge is 0.300 e. The van der Waals surface area contributed by atoms with Crippen molar-refractivity contribution in [3.8, 4) is 6.07 Å². The number of rotatable bonds is 1. The predicted octanol–water partition coefficient (Wildman–Crippen LogP) is 0.616. The lowest BCUT2D eigenvalue weighted by atomic mass is 10.2. The topological polar surface area (TPSA) is 49.9 Å². The van der Waals surface area contributed by atoms with E-state index >= 15 is 0 Å². The average Bonchev–Trinajstić information content (AvgIpc) is 2.84. The van der Waals surface area contributed by atoms with Crippen LogP contribution in [0.5, 0.6) is 0 Å². The van der Waals surface area contributed by atoms with Crippen LogP contribution in [-0.4, -0.2) is 43.1 Å². The monoisotopic (exact) mass is 256 g/mol.